The first kappa shape index (κ1) is 14.5. The summed E-state index contributed by atoms with van der Waals surface area (Å²) in [6, 6.07) is 5.40. The van der Waals surface area contributed by atoms with Crippen LogP contribution in [-0.2, 0) is 6.54 Å². The van der Waals surface area contributed by atoms with Crippen molar-refractivity contribution in [2.45, 2.75) is 32.4 Å². The Bertz CT molecular complexity index is 756. The molecular formula is C16H17ClN4O2. The van der Waals surface area contributed by atoms with Gasteiger partial charge in [0.05, 0.1) is 23.5 Å². The SMILES string of the molecule is CC1CN(C(=O)c2cn(CC3CC3)nn2)c2cccc(Cl)c2O1. The van der Waals surface area contributed by atoms with Gasteiger partial charge in [-0.3, -0.25) is 14.4 Å². The van der Waals surface area contributed by atoms with Gasteiger partial charge >= 0.3 is 0 Å². The first-order chi connectivity index (χ1) is 11.1. The summed E-state index contributed by atoms with van der Waals surface area (Å²) in [6.45, 7) is 3.21. The van der Waals surface area contributed by atoms with Crippen molar-refractivity contribution < 1.29 is 9.53 Å². The minimum Gasteiger partial charge on any atom is -0.485 e. The second-order valence-electron chi connectivity index (χ2n) is 6.20. The summed E-state index contributed by atoms with van der Waals surface area (Å²) in [4.78, 5) is 14.5. The van der Waals surface area contributed by atoms with Crippen LogP contribution < -0.4 is 9.64 Å². The average Bonchev–Trinajstić information content (AvgIpc) is 3.22. The van der Waals surface area contributed by atoms with Crippen LogP contribution in [0.4, 0.5) is 5.69 Å². The molecule has 2 heterocycles. The lowest BCUT2D eigenvalue weighted by atomic mass is 10.2. The predicted molar refractivity (Wildman–Crippen MR) is 86.0 cm³/mol. The third kappa shape index (κ3) is 2.79. The third-order valence-electron chi connectivity index (χ3n) is 4.14. The molecular weight excluding hydrogens is 316 g/mol. The van der Waals surface area contributed by atoms with Crippen molar-refractivity contribution >= 4 is 23.2 Å². The highest BCUT2D eigenvalue weighted by Gasteiger charge is 2.31. The summed E-state index contributed by atoms with van der Waals surface area (Å²) in [5.41, 5.74) is 1.03. The third-order valence-corrected chi connectivity index (χ3v) is 4.44. The Balaban J connectivity index is 1.63. The number of nitrogens with zero attached hydrogens (tertiary/aromatic N) is 4. The molecule has 1 aliphatic carbocycles. The molecule has 1 fully saturated rings. The molecule has 1 aromatic carbocycles. The molecule has 0 saturated heterocycles. The zero-order chi connectivity index (χ0) is 16.0. The van der Waals surface area contributed by atoms with Crippen molar-refractivity contribution in [2.24, 2.45) is 5.92 Å². The number of hydrogen-bond acceptors (Lipinski definition) is 4. The summed E-state index contributed by atoms with van der Waals surface area (Å²) in [6.07, 6.45) is 4.06. The van der Waals surface area contributed by atoms with Crippen LogP contribution in [0.1, 0.15) is 30.3 Å². The molecule has 1 saturated carbocycles. The van der Waals surface area contributed by atoms with E-state index in [1.807, 2.05) is 19.1 Å². The number of ether oxygens (including phenoxy) is 1. The van der Waals surface area contributed by atoms with Gasteiger partial charge in [-0.05, 0) is 37.8 Å². The molecule has 0 radical (unpaired) electrons. The van der Waals surface area contributed by atoms with Gasteiger partial charge < -0.3 is 4.74 Å². The standard InChI is InChI=1S/C16H17ClN4O2/c1-10-7-21(14-4-2-3-12(17)15(14)23-10)16(22)13-9-20(19-18-13)8-11-5-6-11/h2-4,9-11H,5-8H2,1H3. The van der Waals surface area contributed by atoms with Crippen LogP contribution in [0, 0.1) is 5.92 Å². The van der Waals surface area contributed by atoms with Gasteiger partial charge in [-0.1, -0.05) is 22.9 Å². The molecule has 23 heavy (non-hydrogen) atoms. The summed E-state index contributed by atoms with van der Waals surface area (Å²) in [5.74, 6) is 1.06. The number of halogens is 1. The fourth-order valence-electron chi connectivity index (χ4n) is 2.80. The molecule has 0 N–H and O–H groups in total. The normalized spacial score (nSPS) is 20.1. The summed E-state index contributed by atoms with van der Waals surface area (Å²) < 4.78 is 7.54. The smallest absolute Gasteiger partial charge is 0.280 e. The maximum absolute atomic E-state index is 12.8. The van der Waals surface area contributed by atoms with Gasteiger partial charge in [0.1, 0.15) is 6.10 Å². The highest BCUT2D eigenvalue weighted by molar-refractivity contribution is 6.32. The molecule has 4 rings (SSSR count). The number of fused-ring (bicyclic) bond motifs is 1. The molecule has 1 unspecified atom stereocenters. The molecule has 2 aromatic rings. The number of anilines is 1. The Labute approximate surface area is 139 Å². The number of carbonyl (C=O) groups is 1. The van der Waals surface area contributed by atoms with Gasteiger partial charge in [0.2, 0.25) is 0 Å². The predicted octanol–water partition coefficient (Wildman–Crippen LogP) is 2.77. The highest BCUT2D eigenvalue weighted by Crippen LogP contribution is 2.39. The van der Waals surface area contributed by atoms with Crippen LogP contribution in [0.5, 0.6) is 5.75 Å². The van der Waals surface area contributed by atoms with Crippen LogP contribution in [0.25, 0.3) is 0 Å². The molecule has 1 amide bonds. The summed E-state index contributed by atoms with van der Waals surface area (Å²) in [7, 11) is 0. The van der Waals surface area contributed by atoms with Crippen LogP contribution >= 0.6 is 11.6 Å². The second-order valence-corrected chi connectivity index (χ2v) is 6.61. The monoisotopic (exact) mass is 332 g/mol. The number of hydrogen-bond donors (Lipinski definition) is 0. The minimum atomic E-state index is -0.175. The number of carbonyl (C=O) groups excluding carboxylic acids is 1. The fraction of sp³-hybridized carbons (Fsp3) is 0.438. The van der Waals surface area contributed by atoms with E-state index in [2.05, 4.69) is 10.3 Å². The molecule has 6 nitrogen and oxygen atoms in total. The molecule has 0 bridgehead atoms. The molecule has 2 aliphatic rings. The number of rotatable bonds is 3. The molecule has 1 aliphatic heterocycles. The number of benzene rings is 1. The van der Waals surface area contributed by atoms with E-state index in [1.54, 1.807) is 21.8 Å². The van der Waals surface area contributed by atoms with Gasteiger partial charge in [0.25, 0.3) is 5.91 Å². The number of aromatic nitrogens is 3. The van der Waals surface area contributed by atoms with Crippen molar-refractivity contribution in [3.8, 4) is 5.75 Å². The number of amides is 1. The van der Waals surface area contributed by atoms with Crippen molar-refractivity contribution in [3.05, 3.63) is 35.1 Å². The Hall–Kier alpha value is -2.08. The van der Waals surface area contributed by atoms with Crippen LogP contribution in [0.15, 0.2) is 24.4 Å². The van der Waals surface area contributed by atoms with Gasteiger partial charge in [-0.2, -0.15) is 0 Å². The van der Waals surface area contributed by atoms with E-state index in [0.717, 1.165) is 6.54 Å². The Morgan fingerprint density at radius 2 is 2.26 bits per heavy atom. The van der Waals surface area contributed by atoms with Gasteiger partial charge in [-0.15, -0.1) is 5.10 Å². The van der Waals surface area contributed by atoms with Gasteiger partial charge in [0.15, 0.2) is 11.4 Å². The second kappa shape index (κ2) is 5.53. The zero-order valence-corrected chi connectivity index (χ0v) is 13.5. The molecule has 1 atom stereocenters. The largest absolute Gasteiger partial charge is 0.485 e. The number of para-hydroxylation sites is 1. The molecule has 120 valence electrons. The fourth-order valence-corrected chi connectivity index (χ4v) is 3.02. The van der Waals surface area contributed by atoms with Crippen LogP contribution in [0.3, 0.4) is 0 Å². The maximum atomic E-state index is 12.8. The Morgan fingerprint density at radius 1 is 1.43 bits per heavy atom. The van der Waals surface area contributed by atoms with Crippen molar-refractivity contribution in [1.29, 1.82) is 0 Å². The minimum absolute atomic E-state index is 0.132. The van der Waals surface area contributed by atoms with E-state index in [0.29, 0.717) is 34.6 Å². The average molecular weight is 333 g/mol. The molecule has 1 aromatic heterocycles. The van der Waals surface area contributed by atoms with Gasteiger partial charge in [-0.25, -0.2) is 0 Å². The zero-order valence-electron chi connectivity index (χ0n) is 12.8. The van der Waals surface area contributed by atoms with E-state index in [4.69, 9.17) is 16.3 Å². The first-order valence-corrected chi connectivity index (χ1v) is 8.17. The lowest BCUT2D eigenvalue weighted by Crippen LogP contribution is -2.42. The maximum Gasteiger partial charge on any atom is 0.280 e. The Kier molecular flexibility index (Phi) is 3.49. The topological polar surface area (TPSA) is 60.2 Å². The van der Waals surface area contributed by atoms with Crippen molar-refractivity contribution in [2.75, 3.05) is 11.4 Å². The van der Waals surface area contributed by atoms with Crippen molar-refractivity contribution in [1.82, 2.24) is 15.0 Å². The van der Waals surface area contributed by atoms with E-state index in [1.165, 1.54) is 12.8 Å². The lowest BCUT2D eigenvalue weighted by molar-refractivity contribution is 0.0956. The van der Waals surface area contributed by atoms with Gasteiger partial charge in [0, 0.05) is 6.54 Å². The lowest BCUT2D eigenvalue weighted by Gasteiger charge is -2.33. The summed E-state index contributed by atoms with van der Waals surface area (Å²) >= 11 is 6.20. The van der Waals surface area contributed by atoms with E-state index < -0.39 is 0 Å². The first-order valence-electron chi connectivity index (χ1n) is 7.79. The molecule has 7 heteroatoms. The van der Waals surface area contributed by atoms with E-state index >= 15 is 0 Å². The van der Waals surface area contributed by atoms with E-state index in [-0.39, 0.29) is 12.0 Å². The van der Waals surface area contributed by atoms with Crippen LogP contribution in [-0.4, -0.2) is 33.5 Å². The highest BCUT2D eigenvalue weighted by atomic mass is 35.5. The molecule has 0 spiro atoms. The Morgan fingerprint density at radius 3 is 3.04 bits per heavy atom. The van der Waals surface area contributed by atoms with Crippen molar-refractivity contribution in [3.63, 3.8) is 0 Å². The summed E-state index contributed by atoms with van der Waals surface area (Å²) in [5, 5.41) is 8.61. The van der Waals surface area contributed by atoms with E-state index in [9.17, 15) is 4.79 Å². The quantitative estimate of drug-likeness (QED) is 0.867. The van der Waals surface area contributed by atoms with Crippen LogP contribution in [0.2, 0.25) is 5.02 Å².